The van der Waals surface area contributed by atoms with Gasteiger partial charge in [-0.1, -0.05) is 147 Å². The molecule has 2 aromatic carbocycles. The largest absolute Gasteiger partial charge is 0.0991 e. The van der Waals surface area contributed by atoms with Crippen molar-refractivity contribution in [1.29, 1.82) is 0 Å². The van der Waals surface area contributed by atoms with Crippen LogP contribution in [0.25, 0.3) is 5.57 Å². The molecule has 38 heavy (non-hydrogen) atoms. The van der Waals surface area contributed by atoms with Crippen molar-refractivity contribution in [2.45, 2.75) is 52.4 Å². The fraction of sp³-hybridized carbons (Fsp3) is 0.211. The number of benzene rings is 2. The third-order valence-electron chi connectivity index (χ3n) is 7.50. The summed E-state index contributed by atoms with van der Waals surface area (Å²) >= 11 is 0. The molecule has 1 unspecified atom stereocenters. The van der Waals surface area contributed by atoms with Crippen LogP contribution < -0.4 is 0 Å². The normalized spacial score (nSPS) is 20.4. The molecule has 0 spiro atoms. The molecule has 0 aliphatic heterocycles. The van der Waals surface area contributed by atoms with Crippen LogP contribution in [0.2, 0.25) is 0 Å². The van der Waals surface area contributed by atoms with Gasteiger partial charge >= 0.3 is 0 Å². The van der Waals surface area contributed by atoms with Crippen LogP contribution in [0.5, 0.6) is 0 Å². The Hall–Kier alpha value is -3.90. The van der Waals surface area contributed by atoms with Gasteiger partial charge < -0.3 is 0 Å². The van der Waals surface area contributed by atoms with E-state index in [0.29, 0.717) is 0 Å². The van der Waals surface area contributed by atoms with Crippen molar-refractivity contribution in [3.8, 4) is 0 Å². The van der Waals surface area contributed by atoms with E-state index < -0.39 is 0 Å². The van der Waals surface area contributed by atoms with E-state index >= 15 is 0 Å². The number of hydrogen-bond donors (Lipinski definition) is 0. The van der Waals surface area contributed by atoms with Gasteiger partial charge in [0, 0.05) is 5.41 Å². The van der Waals surface area contributed by atoms with Crippen molar-refractivity contribution >= 4 is 5.57 Å². The van der Waals surface area contributed by atoms with E-state index in [1.807, 2.05) is 26.0 Å². The molecule has 192 valence electrons. The molecular weight excluding hydrogens is 456 g/mol. The minimum atomic E-state index is -0.259. The van der Waals surface area contributed by atoms with Gasteiger partial charge in [-0.15, -0.1) is 0 Å². The Bertz CT molecular complexity index is 1410. The molecule has 3 aliphatic carbocycles. The third-order valence-corrected chi connectivity index (χ3v) is 7.50. The van der Waals surface area contributed by atoms with Gasteiger partial charge in [0.05, 0.1) is 0 Å². The molecule has 2 aromatic rings. The van der Waals surface area contributed by atoms with Crippen LogP contribution >= 0.6 is 0 Å². The minimum Gasteiger partial charge on any atom is -0.0991 e. The Morgan fingerprint density at radius 1 is 0.895 bits per heavy atom. The average molecular weight is 497 g/mol. The molecular formula is C38H40. The molecule has 0 aromatic heterocycles. The fourth-order valence-corrected chi connectivity index (χ4v) is 5.90. The van der Waals surface area contributed by atoms with Crippen LogP contribution in [0.15, 0.2) is 156 Å². The van der Waals surface area contributed by atoms with Crippen LogP contribution in [0.3, 0.4) is 0 Å². The molecule has 0 saturated heterocycles. The lowest BCUT2D eigenvalue weighted by molar-refractivity contribution is 0.637. The van der Waals surface area contributed by atoms with Gasteiger partial charge in [-0.2, -0.15) is 0 Å². The van der Waals surface area contributed by atoms with Crippen LogP contribution in [0, 0.1) is 6.92 Å². The third kappa shape index (κ3) is 5.22. The Morgan fingerprint density at radius 3 is 2.42 bits per heavy atom. The zero-order chi connectivity index (χ0) is 27.0. The standard InChI is InChI=1S/C36H34.C2H6/c1-4-5-6-7-16-23-36(30-18-10-8-11-19-30)34-22-13-9-12-21-32(34)33-25-27(2)24-29(26-35(33)36)31-20-15-14-17-28(31)3;1-2/h4-11,13-22,25-26H,1,12,23-24H2,2-3H3;1-2H3/b6-5-,16-7-;. The Kier molecular flexibility index (Phi) is 8.98. The van der Waals surface area contributed by atoms with Crippen molar-refractivity contribution in [3.63, 3.8) is 0 Å². The molecule has 0 N–H and O–H groups in total. The van der Waals surface area contributed by atoms with Crippen LogP contribution in [0.1, 0.15) is 56.7 Å². The number of allylic oxidation sites excluding steroid dienone is 17. The smallest absolute Gasteiger partial charge is 0.0498 e. The predicted octanol–water partition coefficient (Wildman–Crippen LogP) is 10.5. The molecule has 0 heteroatoms. The van der Waals surface area contributed by atoms with Gasteiger partial charge in [-0.3, -0.25) is 0 Å². The summed E-state index contributed by atoms with van der Waals surface area (Å²) in [6.45, 7) is 12.3. The second-order valence-corrected chi connectivity index (χ2v) is 9.87. The first kappa shape index (κ1) is 27.1. The van der Waals surface area contributed by atoms with Crippen molar-refractivity contribution in [2.75, 3.05) is 0 Å². The summed E-state index contributed by atoms with van der Waals surface area (Å²) in [4.78, 5) is 0. The monoisotopic (exact) mass is 496 g/mol. The van der Waals surface area contributed by atoms with E-state index in [2.05, 4.69) is 130 Å². The summed E-state index contributed by atoms with van der Waals surface area (Å²) in [5.41, 5.74) is 12.1. The maximum atomic E-state index is 3.81. The topological polar surface area (TPSA) is 0 Å². The molecule has 0 heterocycles. The van der Waals surface area contributed by atoms with Crippen LogP contribution in [0.4, 0.5) is 0 Å². The molecule has 0 fully saturated rings. The summed E-state index contributed by atoms with van der Waals surface area (Å²) in [5, 5.41) is 0. The summed E-state index contributed by atoms with van der Waals surface area (Å²) < 4.78 is 0. The zero-order valence-corrected chi connectivity index (χ0v) is 23.4. The maximum absolute atomic E-state index is 3.81. The highest BCUT2D eigenvalue weighted by molar-refractivity contribution is 5.82. The van der Waals surface area contributed by atoms with Crippen molar-refractivity contribution < 1.29 is 0 Å². The predicted molar refractivity (Wildman–Crippen MR) is 167 cm³/mol. The first-order chi connectivity index (χ1) is 18.6. The molecule has 0 radical (unpaired) electrons. The van der Waals surface area contributed by atoms with Gasteiger partial charge in [0.1, 0.15) is 0 Å². The van der Waals surface area contributed by atoms with E-state index in [1.165, 1.54) is 50.1 Å². The number of hydrogen-bond acceptors (Lipinski definition) is 0. The molecule has 0 nitrogen and oxygen atoms in total. The van der Waals surface area contributed by atoms with E-state index in [4.69, 9.17) is 0 Å². The molecule has 3 aliphatic rings. The number of fused-ring (bicyclic) bond motifs is 2. The molecule has 0 bridgehead atoms. The molecule has 1 atom stereocenters. The van der Waals surface area contributed by atoms with Gasteiger partial charge in [0.2, 0.25) is 0 Å². The summed E-state index contributed by atoms with van der Waals surface area (Å²) in [7, 11) is 0. The van der Waals surface area contributed by atoms with Crippen LogP contribution in [-0.4, -0.2) is 0 Å². The summed E-state index contributed by atoms with van der Waals surface area (Å²) in [6.07, 6.45) is 27.4. The molecule has 5 rings (SSSR count). The Labute approximate surface area is 230 Å². The quantitative estimate of drug-likeness (QED) is 0.349. The van der Waals surface area contributed by atoms with Gasteiger partial charge in [-0.25, -0.2) is 0 Å². The van der Waals surface area contributed by atoms with E-state index in [0.717, 1.165) is 19.3 Å². The van der Waals surface area contributed by atoms with Crippen molar-refractivity contribution in [2.24, 2.45) is 0 Å². The van der Waals surface area contributed by atoms with Gasteiger partial charge in [-0.05, 0) is 77.7 Å². The fourth-order valence-electron chi connectivity index (χ4n) is 5.90. The first-order valence-electron chi connectivity index (χ1n) is 13.9. The van der Waals surface area contributed by atoms with Crippen molar-refractivity contribution in [1.82, 2.24) is 0 Å². The second kappa shape index (κ2) is 12.6. The second-order valence-electron chi connectivity index (χ2n) is 9.87. The first-order valence-corrected chi connectivity index (χ1v) is 13.9. The SMILES string of the molecule is C=C/C=C\C=C/CC1(c2ccccc2)C2=CC=CCC=C2C2=C1C=C(c1ccccc1C)CC(C)=C2.CC. The maximum Gasteiger partial charge on any atom is 0.0498 e. The highest BCUT2D eigenvalue weighted by atomic mass is 14.5. The lowest BCUT2D eigenvalue weighted by Crippen LogP contribution is -2.27. The molecule has 0 saturated carbocycles. The minimum absolute atomic E-state index is 0.259. The van der Waals surface area contributed by atoms with Crippen LogP contribution in [-0.2, 0) is 5.41 Å². The highest BCUT2D eigenvalue weighted by Gasteiger charge is 2.47. The van der Waals surface area contributed by atoms with Gasteiger partial charge in [0.25, 0.3) is 0 Å². The lowest BCUT2D eigenvalue weighted by atomic mass is 9.68. The van der Waals surface area contributed by atoms with Crippen molar-refractivity contribution in [3.05, 3.63) is 173 Å². The summed E-state index contributed by atoms with van der Waals surface area (Å²) in [6, 6.07) is 19.9. The lowest BCUT2D eigenvalue weighted by Gasteiger charge is -2.34. The highest BCUT2D eigenvalue weighted by Crippen LogP contribution is 2.57. The van der Waals surface area contributed by atoms with E-state index in [-0.39, 0.29) is 5.41 Å². The Balaban J connectivity index is 0.00000164. The molecule has 0 amide bonds. The van der Waals surface area contributed by atoms with E-state index in [1.54, 1.807) is 0 Å². The Morgan fingerprint density at radius 2 is 1.66 bits per heavy atom. The number of aryl methyl sites for hydroxylation is 1. The average Bonchev–Trinajstić information content (AvgIpc) is 3.16. The summed E-state index contributed by atoms with van der Waals surface area (Å²) in [5.74, 6) is 0. The van der Waals surface area contributed by atoms with Gasteiger partial charge in [0.15, 0.2) is 0 Å². The van der Waals surface area contributed by atoms with E-state index in [9.17, 15) is 0 Å². The number of rotatable bonds is 6. The zero-order valence-electron chi connectivity index (χ0n) is 23.4.